The molecule has 0 saturated carbocycles. The number of H-pyrrole nitrogens is 1. The third-order valence-corrected chi connectivity index (χ3v) is 6.79. The van der Waals surface area contributed by atoms with Gasteiger partial charge < -0.3 is 0 Å². The summed E-state index contributed by atoms with van der Waals surface area (Å²) in [5.41, 5.74) is 2.51. The average Bonchev–Trinajstić information content (AvgIpc) is 3.61. The number of aromatic nitrogens is 9. The van der Waals surface area contributed by atoms with Crippen LogP contribution in [0.25, 0.3) is 38.9 Å². The molecule has 0 spiro atoms. The van der Waals surface area contributed by atoms with Gasteiger partial charge in [-0.1, -0.05) is 0 Å². The van der Waals surface area contributed by atoms with E-state index in [4.69, 9.17) is 4.98 Å². The summed E-state index contributed by atoms with van der Waals surface area (Å²) >= 11 is 0. The molecule has 0 fully saturated rings. The van der Waals surface area contributed by atoms with Crippen molar-refractivity contribution >= 4 is 33.7 Å². The standard InChI is InChI=1S/C26H19F3N10/c27-26(28,29)23-17(13-39(38-23)20-8-11-32-25(35-20)36-24-30-9-3-10-31-24)22-15-5-2-1-4-14(15)21-16-12-33-37-18(16)6-7-19(21)34-22/h3,6-13H,1-2,4-5H2,(H,33,37)(H,30,31,32,35,36). The Bertz CT molecular complexity index is 1840. The van der Waals surface area contributed by atoms with E-state index in [9.17, 15) is 13.2 Å². The van der Waals surface area contributed by atoms with E-state index >= 15 is 0 Å². The van der Waals surface area contributed by atoms with E-state index in [1.54, 1.807) is 24.7 Å². The van der Waals surface area contributed by atoms with Gasteiger partial charge in [0.15, 0.2) is 11.5 Å². The zero-order valence-corrected chi connectivity index (χ0v) is 20.2. The lowest BCUT2D eigenvalue weighted by Gasteiger charge is -2.21. The Morgan fingerprint density at radius 1 is 0.897 bits per heavy atom. The zero-order chi connectivity index (χ0) is 26.6. The first-order valence-corrected chi connectivity index (χ1v) is 12.3. The van der Waals surface area contributed by atoms with Crippen molar-refractivity contribution in [1.29, 1.82) is 0 Å². The SMILES string of the molecule is FC(F)(F)c1nn(-c2ccnc(Nc3ncccn3)n2)cc1-c1nc2ccc3[nH]ncc3c2c2c1CCCC2. The smallest absolute Gasteiger partial charge is 0.293 e. The fraction of sp³-hybridized carbons (Fsp3) is 0.192. The third kappa shape index (κ3) is 4.02. The van der Waals surface area contributed by atoms with E-state index in [2.05, 4.69) is 40.5 Å². The topological polar surface area (TPSA) is 123 Å². The number of pyridine rings is 1. The van der Waals surface area contributed by atoms with Gasteiger partial charge in [0, 0.05) is 41.6 Å². The molecule has 0 amide bonds. The summed E-state index contributed by atoms with van der Waals surface area (Å²) in [6, 6.07) is 6.80. The van der Waals surface area contributed by atoms with Crippen molar-refractivity contribution in [2.75, 3.05) is 5.32 Å². The molecule has 6 aromatic rings. The molecule has 1 aliphatic carbocycles. The Hall–Kier alpha value is -4.94. The molecule has 10 nitrogen and oxygen atoms in total. The number of nitrogens with zero attached hydrogens (tertiary/aromatic N) is 8. The number of nitrogens with one attached hydrogen (secondary N) is 2. The van der Waals surface area contributed by atoms with E-state index < -0.39 is 11.9 Å². The van der Waals surface area contributed by atoms with Crippen LogP contribution in [0, 0.1) is 0 Å². The summed E-state index contributed by atoms with van der Waals surface area (Å²) in [6.45, 7) is 0. The number of benzene rings is 1. The number of halogens is 3. The van der Waals surface area contributed by atoms with Gasteiger partial charge >= 0.3 is 6.18 Å². The maximum absolute atomic E-state index is 14.4. The first-order chi connectivity index (χ1) is 19.0. The monoisotopic (exact) mass is 528 g/mol. The van der Waals surface area contributed by atoms with Crippen molar-refractivity contribution in [1.82, 2.24) is 44.9 Å². The third-order valence-electron chi connectivity index (χ3n) is 6.79. The molecule has 0 unspecified atom stereocenters. The molecule has 0 aliphatic heterocycles. The lowest BCUT2D eigenvalue weighted by atomic mass is 9.85. The fourth-order valence-electron chi connectivity index (χ4n) is 5.14. The number of aromatic amines is 1. The van der Waals surface area contributed by atoms with Crippen molar-refractivity contribution in [3.8, 4) is 17.1 Å². The molecular formula is C26H19F3N10. The number of alkyl halides is 3. The van der Waals surface area contributed by atoms with Crippen molar-refractivity contribution in [2.45, 2.75) is 31.9 Å². The molecule has 5 aromatic heterocycles. The second kappa shape index (κ2) is 8.82. The number of hydrogen-bond acceptors (Lipinski definition) is 8. The molecule has 5 heterocycles. The van der Waals surface area contributed by atoms with E-state index in [0.717, 1.165) is 51.4 Å². The Kier molecular flexibility index (Phi) is 5.25. The lowest BCUT2D eigenvalue weighted by Crippen LogP contribution is -2.12. The quantitative estimate of drug-likeness (QED) is 0.321. The minimum atomic E-state index is -4.71. The highest BCUT2D eigenvalue weighted by Crippen LogP contribution is 2.42. The van der Waals surface area contributed by atoms with Crippen LogP contribution in [0.1, 0.15) is 29.7 Å². The van der Waals surface area contributed by atoms with Gasteiger partial charge in [0.05, 0.1) is 28.5 Å². The maximum Gasteiger partial charge on any atom is 0.435 e. The van der Waals surface area contributed by atoms with Crippen LogP contribution in [0.2, 0.25) is 0 Å². The molecule has 13 heteroatoms. The van der Waals surface area contributed by atoms with Gasteiger partial charge in [-0.15, -0.1) is 0 Å². The summed E-state index contributed by atoms with van der Waals surface area (Å²) < 4.78 is 44.2. The minimum Gasteiger partial charge on any atom is -0.293 e. The van der Waals surface area contributed by atoms with E-state index in [1.165, 1.54) is 18.5 Å². The fourth-order valence-corrected chi connectivity index (χ4v) is 5.14. The second-order valence-corrected chi connectivity index (χ2v) is 9.19. The van der Waals surface area contributed by atoms with Gasteiger partial charge in [-0.3, -0.25) is 10.4 Å². The highest BCUT2D eigenvalue weighted by Gasteiger charge is 2.39. The first kappa shape index (κ1) is 23.2. The first-order valence-electron chi connectivity index (χ1n) is 12.3. The van der Waals surface area contributed by atoms with Crippen molar-refractivity contribution in [3.63, 3.8) is 0 Å². The van der Waals surface area contributed by atoms with Crippen LogP contribution in [0.5, 0.6) is 0 Å². The van der Waals surface area contributed by atoms with Crippen LogP contribution in [0.3, 0.4) is 0 Å². The molecule has 0 saturated heterocycles. The van der Waals surface area contributed by atoms with Crippen LogP contribution in [0.4, 0.5) is 25.1 Å². The number of rotatable bonds is 4. The molecule has 0 radical (unpaired) electrons. The number of fused-ring (bicyclic) bond motifs is 5. The predicted octanol–water partition coefficient (Wildman–Crippen LogP) is 5.19. The molecule has 0 bridgehead atoms. The lowest BCUT2D eigenvalue weighted by molar-refractivity contribution is -0.140. The summed E-state index contributed by atoms with van der Waals surface area (Å²) in [6.07, 6.45) is 6.09. The summed E-state index contributed by atoms with van der Waals surface area (Å²) in [4.78, 5) is 21.4. The Labute approximate surface area is 218 Å². The Morgan fingerprint density at radius 3 is 2.51 bits per heavy atom. The van der Waals surface area contributed by atoms with E-state index in [-0.39, 0.29) is 23.3 Å². The molecular weight excluding hydrogens is 509 g/mol. The van der Waals surface area contributed by atoms with Crippen molar-refractivity contribution in [3.05, 3.63) is 72.1 Å². The molecule has 39 heavy (non-hydrogen) atoms. The van der Waals surface area contributed by atoms with E-state index in [0.29, 0.717) is 17.6 Å². The van der Waals surface area contributed by atoms with Gasteiger partial charge in [-0.25, -0.2) is 24.6 Å². The average molecular weight is 529 g/mol. The largest absolute Gasteiger partial charge is 0.435 e. The Balaban J connectivity index is 1.40. The van der Waals surface area contributed by atoms with Crippen molar-refractivity contribution in [2.24, 2.45) is 0 Å². The highest BCUT2D eigenvalue weighted by molar-refractivity contribution is 6.07. The van der Waals surface area contributed by atoms with E-state index in [1.807, 2.05) is 12.1 Å². The van der Waals surface area contributed by atoms with Crippen LogP contribution in [-0.2, 0) is 19.0 Å². The van der Waals surface area contributed by atoms with Crippen molar-refractivity contribution < 1.29 is 13.2 Å². The zero-order valence-electron chi connectivity index (χ0n) is 20.2. The summed E-state index contributed by atoms with van der Waals surface area (Å²) in [5.74, 6) is 0.523. The highest BCUT2D eigenvalue weighted by atomic mass is 19.4. The minimum absolute atomic E-state index is 0.0886. The van der Waals surface area contributed by atoms with Crippen LogP contribution >= 0.6 is 0 Å². The normalized spacial score (nSPS) is 13.6. The van der Waals surface area contributed by atoms with Gasteiger partial charge in [-0.2, -0.15) is 28.4 Å². The van der Waals surface area contributed by atoms with Crippen LogP contribution < -0.4 is 5.32 Å². The van der Waals surface area contributed by atoms with Gasteiger partial charge in [0.1, 0.15) is 0 Å². The van der Waals surface area contributed by atoms with Crippen LogP contribution in [-0.4, -0.2) is 44.9 Å². The molecule has 194 valence electrons. The second-order valence-electron chi connectivity index (χ2n) is 9.19. The molecule has 0 atom stereocenters. The molecule has 1 aliphatic rings. The molecule has 2 N–H and O–H groups in total. The van der Waals surface area contributed by atoms with Gasteiger partial charge in [0.25, 0.3) is 0 Å². The summed E-state index contributed by atoms with van der Waals surface area (Å²) in [7, 11) is 0. The predicted molar refractivity (Wildman–Crippen MR) is 137 cm³/mol. The number of anilines is 2. The molecule has 1 aromatic carbocycles. The molecule has 7 rings (SSSR count). The van der Waals surface area contributed by atoms with Crippen LogP contribution in [0.15, 0.2) is 55.2 Å². The maximum atomic E-state index is 14.4. The number of aryl methyl sites for hydroxylation is 1. The number of hydrogen-bond donors (Lipinski definition) is 2. The Morgan fingerprint density at radius 2 is 1.69 bits per heavy atom. The summed E-state index contributed by atoms with van der Waals surface area (Å²) in [5, 5.41) is 15.8. The van der Waals surface area contributed by atoms with Gasteiger partial charge in [0.2, 0.25) is 11.9 Å². The van der Waals surface area contributed by atoms with Gasteiger partial charge in [-0.05, 0) is 55.0 Å².